The Balaban J connectivity index is 1.50. The minimum absolute atomic E-state index is 0.0281. The molecule has 6 nitrogen and oxygen atoms in total. The number of piperidine rings is 1. The second-order valence-corrected chi connectivity index (χ2v) is 5.86. The molecule has 2 saturated heterocycles. The van der Waals surface area contributed by atoms with Gasteiger partial charge in [-0.1, -0.05) is 12.1 Å². The monoisotopic (exact) mass is 319 g/mol. The highest BCUT2D eigenvalue weighted by molar-refractivity contribution is 5.94. The predicted octanol–water partition coefficient (Wildman–Crippen LogP) is 1.63. The minimum atomic E-state index is -0.479. The molecule has 1 aromatic carbocycles. The van der Waals surface area contributed by atoms with Gasteiger partial charge in [-0.2, -0.15) is 0 Å². The van der Waals surface area contributed by atoms with Gasteiger partial charge in [-0.15, -0.1) is 0 Å². The van der Waals surface area contributed by atoms with Crippen molar-refractivity contribution in [2.45, 2.75) is 25.6 Å². The highest BCUT2D eigenvalue weighted by Crippen LogP contribution is 2.31. The normalized spacial score (nSPS) is 19.8. The van der Waals surface area contributed by atoms with Crippen LogP contribution in [0.15, 0.2) is 24.3 Å². The number of hydrogen-bond donors (Lipinski definition) is 0. The van der Waals surface area contributed by atoms with E-state index in [0.29, 0.717) is 50.5 Å². The summed E-state index contributed by atoms with van der Waals surface area (Å²) in [6, 6.07) is 6.87. The largest absolute Gasteiger partial charge is 0.484 e. The number of ketones is 1. The summed E-state index contributed by atoms with van der Waals surface area (Å²) in [4.78, 5) is 25.4. The van der Waals surface area contributed by atoms with Crippen molar-refractivity contribution in [1.29, 1.82) is 0 Å². The van der Waals surface area contributed by atoms with Crippen molar-refractivity contribution in [3.05, 3.63) is 29.8 Å². The zero-order chi connectivity index (χ0) is 16.3. The van der Waals surface area contributed by atoms with Crippen molar-refractivity contribution in [3.8, 4) is 5.75 Å². The number of nitrogens with zero attached hydrogens (tertiary/aromatic N) is 1. The van der Waals surface area contributed by atoms with Gasteiger partial charge in [0.2, 0.25) is 0 Å². The fourth-order valence-electron chi connectivity index (χ4n) is 2.92. The molecule has 6 heteroatoms. The molecule has 0 aromatic heterocycles. The summed E-state index contributed by atoms with van der Waals surface area (Å²) in [6.45, 7) is 3.94. The quantitative estimate of drug-likeness (QED) is 0.789. The first kappa shape index (κ1) is 16.0. The van der Waals surface area contributed by atoms with Crippen LogP contribution in [-0.4, -0.2) is 55.3 Å². The maximum atomic E-state index is 12.2. The number of rotatable bonds is 4. The lowest BCUT2D eigenvalue weighted by Crippen LogP contribution is -2.48. The van der Waals surface area contributed by atoms with E-state index in [9.17, 15) is 9.59 Å². The van der Waals surface area contributed by atoms with E-state index < -0.39 is 5.79 Å². The molecule has 0 saturated carbocycles. The lowest BCUT2D eigenvalue weighted by Gasteiger charge is -2.37. The molecule has 0 unspecified atom stereocenters. The molecule has 2 fully saturated rings. The highest BCUT2D eigenvalue weighted by Gasteiger charge is 2.40. The molecule has 0 bridgehead atoms. The van der Waals surface area contributed by atoms with Crippen molar-refractivity contribution in [2.75, 3.05) is 32.9 Å². The van der Waals surface area contributed by atoms with Crippen LogP contribution in [0.3, 0.4) is 0 Å². The molecule has 0 aliphatic carbocycles. The molecular formula is C17H21NO5. The van der Waals surface area contributed by atoms with Crippen LogP contribution in [0.5, 0.6) is 5.75 Å². The number of hydrogen-bond acceptors (Lipinski definition) is 5. The second kappa shape index (κ2) is 6.68. The molecule has 23 heavy (non-hydrogen) atoms. The van der Waals surface area contributed by atoms with Gasteiger partial charge >= 0.3 is 0 Å². The Morgan fingerprint density at radius 3 is 2.57 bits per heavy atom. The Hall–Kier alpha value is -1.92. The van der Waals surface area contributed by atoms with E-state index in [-0.39, 0.29) is 18.3 Å². The first-order chi connectivity index (χ1) is 11.1. The SMILES string of the molecule is CC(=O)c1cccc(OCC(=O)N2CCC3(CC2)OCCO3)c1. The number of benzene rings is 1. The predicted molar refractivity (Wildman–Crippen MR) is 82.4 cm³/mol. The zero-order valence-corrected chi connectivity index (χ0v) is 13.2. The van der Waals surface area contributed by atoms with E-state index in [1.165, 1.54) is 6.92 Å². The fourth-order valence-corrected chi connectivity index (χ4v) is 2.92. The lowest BCUT2D eigenvalue weighted by atomic mass is 10.0. The summed E-state index contributed by atoms with van der Waals surface area (Å²) in [5, 5.41) is 0. The second-order valence-electron chi connectivity index (χ2n) is 5.86. The van der Waals surface area contributed by atoms with Crippen LogP contribution in [0.1, 0.15) is 30.1 Å². The Kier molecular flexibility index (Phi) is 4.63. The Bertz CT molecular complexity index is 584. The van der Waals surface area contributed by atoms with Gasteiger partial charge in [-0.25, -0.2) is 0 Å². The molecule has 1 spiro atoms. The number of likely N-dealkylation sites (tertiary alicyclic amines) is 1. The summed E-state index contributed by atoms with van der Waals surface area (Å²) in [5.41, 5.74) is 0.574. The van der Waals surface area contributed by atoms with E-state index in [1.54, 1.807) is 29.2 Å². The third-order valence-electron chi connectivity index (χ3n) is 4.29. The van der Waals surface area contributed by atoms with Crippen molar-refractivity contribution in [1.82, 2.24) is 4.90 Å². The van der Waals surface area contributed by atoms with Crippen LogP contribution in [0.4, 0.5) is 0 Å². The summed E-state index contributed by atoms with van der Waals surface area (Å²) in [5.74, 6) is -0.0410. The molecule has 1 amide bonds. The van der Waals surface area contributed by atoms with Crippen LogP contribution in [0.2, 0.25) is 0 Å². The maximum absolute atomic E-state index is 12.2. The van der Waals surface area contributed by atoms with Crippen molar-refractivity contribution >= 4 is 11.7 Å². The van der Waals surface area contributed by atoms with Gasteiger partial charge in [-0.05, 0) is 19.1 Å². The van der Waals surface area contributed by atoms with Gasteiger partial charge in [0.1, 0.15) is 5.75 Å². The van der Waals surface area contributed by atoms with Gasteiger partial charge in [0.15, 0.2) is 18.2 Å². The number of amides is 1. The molecule has 1 aromatic rings. The molecule has 0 radical (unpaired) electrons. The van der Waals surface area contributed by atoms with E-state index in [4.69, 9.17) is 14.2 Å². The number of Topliss-reactive ketones (excluding diaryl/α,β-unsaturated/α-hetero) is 1. The highest BCUT2D eigenvalue weighted by atomic mass is 16.7. The summed E-state index contributed by atoms with van der Waals surface area (Å²) >= 11 is 0. The summed E-state index contributed by atoms with van der Waals surface area (Å²) < 4.78 is 16.8. The molecule has 0 N–H and O–H groups in total. The van der Waals surface area contributed by atoms with Crippen LogP contribution >= 0.6 is 0 Å². The van der Waals surface area contributed by atoms with Gasteiger partial charge < -0.3 is 19.1 Å². The first-order valence-corrected chi connectivity index (χ1v) is 7.87. The minimum Gasteiger partial charge on any atom is -0.484 e. The Morgan fingerprint density at radius 2 is 1.91 bits per heavy atom. The van der Waals surface area contributed by atoms with Crippen molar-refractivity contribution in [2.24, 2.45) is 0 Å². The molecule has 2 aliphatic heterocycles. The topological polar surface area (TPSA) is 65.1 Å². The summed E-state index contributed by atoms with van der Waals surface area (Å²) in [6.07, 6.45) is 1.39. The number of carbonyl (C=O) groups is 2. The van der Waals surface area contributed by atoms with Crippen molar-refractivity contribution in [3.63, 3.8) is 0 Å². The Labute approximate surface area is 135 Å². The van der Waals surface area contributed by atoms with E-state index >= 15 is 0 Å². The zero-order valence-electron chi connectivity index (χ0n) is 13.2. The fraction of sp³-hybridized carbons (Fsp3) is 0.529. The smallest absolute Gasteiger partial charge is 0.260 e. The van der Waals surface area contributed by atoms with Crippen LogP contribution in [0.25, 0.3) is 0 Å². The first-order valence-electron chi connectivity index (χ1n) is 7.87. The van der Waals surface area contributed by atoms with Crippen LogP contribution in [0, 0.1) is 0 Å². The number of ether oxygens (including phenoxy) is 3. The van der Waals surface area contributed by atoms with E-state index in [1.807, 2.05) is 0 Å². The van der Waals surface area contributed by atoms with E-state index in [0.717, 1.165) is 0 Å². The van der Waals surface area contributed by atoms with Gasteiger partial charge in [-0.3, -0.25) is 9.59 Å². The Morgan fingerprint density at radius 1 is 1.22 bits per heavy atom. The van der Waals surface area contributed by atoms with Gasteiger partial charge in [0.25, 0.3) is 5.91 Å². The molecule has 2 aliphatic rings. The average Bonchev–Trinajstić information content (AvgIpc) is 3.01. The molecule has 3 rings (SSSR count). The lowest BCUT2D eigenvalue weighted by molar-refractivity contribution is -0.187. The van der Waals surface area contributed by atoms with E-state index in [2.05, 4.69) is 0 Å². The van der Waals surface area contributed by atoms with Crippen LogP contribution in [-0.2, 0) is 14.3 Å². The number of carbonyl (C=O) groups excluding carboxylic acids is 2. The van der Waals surface area contributed by atoms with Crippen LogP contribution < -0.4 is 4.74 Å². The third kappa shape index (κ3) is 3.71. The molecule has 124 valence electrons. The maximum Gasteiger partial charge on any atom is 0.260 e. The molecule has 2 heterocycles. The van der Waals surface area contributed by atoms with Gasteiger partial charge in [0, 0.05) is 31.5 Å². The standard InChI is InChI=1S/C17H21NO5/c1-13(19)14-3-2-4-15(11-14)21-12-16(20)18-7-5-17(6-8-18)22-9-10-23-17/h2-4,11H,5-10,12H2,1H3. The van der Waals surface area contributed by atoms with Crippen molar-refractivity contribution < 1.29 is 23.8 Å². The third-order valence-corrected chi connectivity index (χ3v) is 4.29. The molecular weight excluding hydrogens is 298 g/mol. The summed E-state index contributed by atoms with van der Waals surface area (Å²) in [7, 11) is 0. The average molecular weight is 319 g/mol. The molecule has 0 atom stereocenters. The van der Waals surface area contributed by atoms with Gasteiger partial charge in [0.05, 0.1) is 13.2 Å².